The standard InChI is InChI=1S/C46H70O14/c1-43(2,39(52)53)22-14-8-11-20-32-30(19-12-16-23-44(3,4)40(54)55)36(27-35(49)38(32)51)60-28-46(7,42(58)59)25-15-9-10-18-29-31(37(50)34(48)26-33(29)47)21-13-17-24-45(5,6)41(56)57/h26-27,47-51H,8-25,28H2,1-7H3,(H,52,53)(H,54,55)(H,56,57)(H,58,59). The van der Waals surface area contributed by atoms with Gasteiger partial charge in [0.2, 0.25) is 0 Å². The van der Waals surface area contributed by atoms with Crippen LogP contribution in [0.1, 0.15) is 161 Å². The normalized spacial score (nSPS) is 13.2. The molecule has 60 heavy (non-hydrogen) atoms. The van der Waals surface area contributed by atoms with Gasteiger partial charge in [-0.05, 0) is 126 Å². The van der Waals surface area contributed by atoms with E-state index in [4.69, 9.17) is 4.74 Å². The lowest BCUT2D eigenvalue weighted by Crippen LogP contribution is -2.34. The zero-order chi connectivity index (χ0) is 45.6. The zero-order valence-electron chi connectivity index (χ0n) is 36.7. The van der Waals surface area contributed by atoms with Crippen LogP contribution in [0.5, 0.6) is 34.5 Å². The third-order valence-electron chi connectivity index (χ3n) is 12.1. The average Bonchev–Trinajstić information content (AvgIpc) is 3.15. The highest BCUT2D eigenvalue weighted by molar-refractivity contribution is 5.75. The SMILES string of the molecule is CC(C)(CCCCCc1c(O)c(O)cc(OCC(C)(CCCCCc2c(O)cc(O)c(O)c2CCCCC(C)(C)C(=O)O)C(=O)O)c1CCCCC(C)(C)C(=O)O)C(=O)O. The lowest BCUT2D eigenvalue weighted by atomic mass is 9.84. The van der Waals surface area contributed by atoms with Crippen LogP contribution in [0.15, 0.2) is 12.1 Å². The van der Waals surface area contributed by atoms with Gasteiger partial charge in [-0.2, -0.15) is 0 Å². The first-order valence-corrected chi connectivity index (χ1v) is 21.2. The molecule has 0 saturated heterocycles. The van der Waals surface area contributed by atoms with E-state index in [1.54, 1.807) is 48.5 Å². The van der Waals surface area contributed by atoms with E-state index in [2.05, 4.69) is 0 Å². The second-order valence-corrected chi connectivity index (χ2v) is 18.7. The van der Waals surface area contributed by atoms with Gasteiger partial charge in [0.15, 0.2) is 23.0 Å². The fourth-order valence-electron chi connectivity index (χ4n) is 7.26. The Hall–Kier alpha value is -4.88. The lowest BCUT2D eigenvalue weighted by Gasteiger charge is -2.27. The third kappa shape index (κ3) is 14.7. The second-order valence-electron chi connectivity index (χ2n) is 18.7. The van der Waals surface area contributed by atoms with Crippen LogP contribution in [0.2, 0.25) is 0 Å². The van der Waals surface area contributed by atoms with Crippen molar-refractivity contribution in [3.05, 3.63) is 34.4 Å². The summed E-state index contributed by atoms with van der Waals surface area (Å²) < 4.78 is 6.21. The first kappa shape index (κ1) is 51.3. The van der Waals surface area contributed by atoms with E-state index in [0.29, 0.717) is 131 Å². The zero-order valence-corrected chi connectivity index (χ0v) is 36.7. The van der Waals surface area contributed by atoms with Crippen LogP contribution in [-0.2, 0) is 44.9 Å². The molecule has 0 radical (unpaired) electrons. The summed E-state index contributed by atoms with van der Waals surface area (Å²) in [6.07, 6.45) is 8.43. The molecule has 0 fully saturated rings. The van der Waals surface area contributed by atoms with E-state index in [1.807, 2.05) is 0 Å². The van der Waals surface area contributed by atoms with Crippen LogP contribution in [-0.4, -0.2) is 76.4 Å². The molecular formula is C46H70O14. The minimum atomic E-state index is -1.36. The minimum absolute atomic E-state index is 0.171. The van der Waals surface area contributed by atoms with Gasteiger partial charge in [0.25, 0.3) is 0 Å². The molecule has 0 aliphatic carbocycles. The van der Waals surface area contributed by atoms with E-state index in [1.165, 1.54) is 6.07 Å². The Bertz CT molecular complexity index is 1790. The largest absolute Gasteiger partial charge is 0.508 e. The van der Waals surface area contributed by atoms with Crippen LogP contribution in [0.25, 0.3) is 0 Å². The number of carboxylic acid groups (broad SMARTS) is 4. The van der Waals surface area contributed by atoms with Gasteiger partial charge in [-0.3, -0.25) is 19.2 Å². The molecule has 14 nitrogen and oxygen atoms in total. The number of carbonyl (C=O) groups is 4. The van der Waals surface area contributed by atoms with Gasteiger partial charge in [-0.25, -0.2) is 0 Å². The number of rotatable bonds is 29. The number of hydrogen-bond acceptors (Lipinski definition) is 10. The maximum absolute atomic E-state index is 12.7. The number of phenolic OH excluding ortho intramolecular Hbond substituents is 5. The fraction of sp³-hybridized carbons (Fsp3) is 0.652. The molecule has 2 rings (SSSR count). The number of aliphatic carboxylic acids is 4. The minimum Gasteiger partial charge on any atom is -0.508 e. The van der Waals surface area contributed by atoms with Crippen molar-refractivity contribution in [2.75, 3.05) is 6.61 Å². The van der Waals surface area contributed by atoms with E-state index in [0.717, 1.165) is 6.07 Å². The van der Waals surface area contributed by atoms with Gasteiger partial charge in [0, 0.05) is 34.4 Å². The van der Waals surface area contributed by atoms with Crippen molar-refractivity contribution in [1.82, 2.24) is 0 Å². The highest BCUT2D eigenvalue weighted by Crippen LogP contribution is 2.42. The number of benzene rings is 2. The number of hydrogen-bond donors (Lipinski definition) is 9. The van der Waals surface area contributed by atoms with Crippen LogP contribution in [0.3, 0.4) is 0 Å². The van der Waals surface area contributed by atoms with Crippen molar-refractivity contribution in [3.63, 3.8) is 0 Å². The van der Waals surface area contributed by atoms with Crippen molar-refractivity contribution >= 4 is 23.9 Å². The smallest absolute Gasteiger partial charge is 0.312 e. The van der Waals surface area contributed by atoms with E-state index >= 15 is 0 Å². The predicted molar refractivity (Wildman–Crippen MR) is 226 cm³/mol. The molecule has 9 N–H and O–H groups in total. The van der Waals surface area contributed by atoms with E-state index in [9.17, 15) is 65.1 Å². The molecule has 0 spiro atoms. The second kappa shape index (κ2) is 22.1. The molecule has 0 aliphatic rings. The molecule has 1 atom stereocenters. The number of ether oxygens (including phenoxy) is 1. The van der Waals surface area contributed by atoms with Crippen LogP contribution >= 0.6 is 0 Å². The number of phenols is 5. The lowest BCUT2D eigenvalue weighted by molar-refractivity contribution is -0.150. The predicted octanol–water partition coefficient (Wildman–Crippen LogP) is 9.35. The Morgan fingerprint density at radius 3 is 1.22 bits per heavy atom. The summed E-state index contributed by atoms with van der Waals surface area (Å²) in [5.41, 5.74) is -2.19. The van der Waals surface area contributed by atoms with Gasteiger partial charge in [0.1, 0.15) is 18.1 Å². The first-order valence-electron chi connectivity index (χ1n) is 21.2. The molecular weight excluding hydrogens is 776 g/mol. The average molecular weight is 847 g/mol. The van der Waals surface area contributed by atoms with Crippen molar-refractivity contribution in [3.8, 4) is 34.5 Å². The number of unbranched alkanes of at least 4 members (excludes halogenated alkanes) is 6. The van der Waals surface area contributed by atoms with E-state index in [-0.39, 0.29) is 36.0 Å². The van der Waals surface area contributed by atoms with E-state index < -0.39 is 57.0 Å². The molecule has 14 heteroatoms. The third-order valence-corrected chi connectivity index (χ3v) is 12.1. The summed E-state index contributed by atoms with van der Waals surface area (Å²) in [4.78, 5) is 47.4. The molecule has 2 aromatic carbocycles. The molecule has 338 valence electrons. The summed E-state index contributed by atoms with van der Waals surface area (Å²) in [6.45, 7) is 11.2. The van der Waals surface area contributed by atoms with Gasteiger partial charge in [-0.15, -0.1) is 0 Å². The summed E-state index contributed by atoms with van der Waals surface area (Å²) in [5, 5.41) is 92.2. The molecule has 0 aromatic heterocycles. The van der Waals surface area contributed by atoms with Crippen molar-refractivity contribution in [2.45, 2.75) is 164 Å². The molecule has 0 heterocycles. The Morgan fingerprint density at radius 2 is 0.783 bits per heavy atom. The quantitative estimate of drug-likeness (QED) is 0.0210. The highest BCUT2D eigenvalue weighted by atomic mass is 16.5. The van der Waals surface area contributed by atoms with Gasteiger partial charge in [0.05, 0.1) is 21.7 Å². The summed E-state index contributed by atoms with van der Waals surface area (Å²) in [7, 11) is 0. The van der Waals surface area contributed by atoms with Crippen LogP contribution < -0.4 is 4.74 Å². The first-order chi connectivity index (χ1) is 27.8. The summed E-state index contributed by atoms with van der Waals surface area (Å²) in [5.74, 6) is -5.27. The molecule has 0 amide bonds. The van der Waals surface area contributed by atoms with Gasteiger partial charge in [-0.1, -0.05) is 38.5 Å². The Balaban J connectivity index is 2.20. The van der Waals surface area contributed by atoms with Gasteiger partial charge >= 0.3 is 23.9 Å². The molecule has 0 aliphatic heterocycles. The topological polar surface area (TPSA) is 260 Å². The number of carboxylic acids is 4. The molecule has 0 saturated carbocycles. The monoisotopic (exact) mass is 846 g/mol. The maximum Gasteiger partial charge on any atom is 0.312 e. The van der Waals surface area contributed by atoms with Crippen molar-refractivity contribution < 1.29 is 69.9 Å². The maximum atomic E-state index is 12.7. The number of aromatic hydroxyl groups is 5. The van der Waals surface area contributed by atoms with Crippen LogP contribution in [0, 0.1) is 21.7 Å². The van der Waals surface area contributed by atoms with Crippen molar-refractivity contribution in [2.24, 2.45) is 21.7 Å². The van der Waals surface area contributed by atoms with Crippen molar-refractivity contribution in [1.29, 1.82) is 0 Å². The summed E-state index contributed by atoms with van der Waals surface area (Å²) >= 11 is 0. The Labute approximate surface area is 354 Å². The highest BCUT2D eigenvalue weighted by Gasteiger charge is 2.35. The van der Waals surface area contributed by atoms with Gasteiger partial charge < -0.3 is 50.7 Å². The molecule has 1 unspecified atom stereocenters. The fourth-order valence-corrected chi connectivity index (χ4v) is 7.26. The molecule has 0 bridgehead atoms. The van der Waals surface area contributed by atoms with Crippen LogP contribution in [0.4, 0.5) is 0 Å². The summed E-state index contributed by atoms with van der Waals surface area (Å²) in [6, 6.07) is 2.36. The molecule has 2 aromatic rings. The Kier molecular flexibility index (Phi) is 18.9. The Morgan fingerprint density at radius 1 is 0.433 bits per heavy atom.